The summed E-state index contributed by atoms with van der Waals surface area (Å²) >= 11 is 0. The number of hydrogen-bond acceptors (Lipinski definition) is 4. The van der Waals surface area contributed by atoms with Gasteiger partial charge in [-0.2, -0.15) is 5.10 Å². The van der Waals surface area contributed by atoms with Gasteiger partial charge in [-0.3, -0.25) is 9.59 Å². The molecule has 1 N–H and O–H groups in total. The lowest BCUT2D eigenvalue weighted by atomic mass is 10.1. The normalized spacial score (nSPS) is 13.8. The quantitative estimate of drug-likeness (QED) is 0.739. The molecule has 0 aliphatic carbocycles. The van der Waals surface area contributed by atoms with Gasteiger partial charge < -0.3 is 4.90 Å². The number of carbonyl (C=O) groups excluding carboxylic acids is 1. The van der Waals surface area contributed by atoms with Crippen LogP contribution in [0.3, 0.4) is 0 Å². The summed E-state index contributed by atoms with van der Waals surface area (Å²) in [7, 11) is 0. The van der Waals surface area contributed by atoms with Gasteiger partial charge in [-0.15, -0.1) is 0 Å². The highest BCUT2D eigenvalue weighted by Gasteiger charge is 2.23. The topological polar surface area (TPSA) is 79.0 Å². The second kappa shape index (κ2) is 5.31. The highest BCUT2D eigenvalue weighted by molar-refractivity contribution is 5.95. The summed E-state index contributed by atoms with van der Waals surface area (Å²) in [5, 5.41) is 7.47. The molecule has 1 aromatic carbocycles. The van der Waals surface area contributed by atoms with E-state index in [9.17, 15) is 9.59 Å². The van der Waals surface area contributed by atoms with Crippen LogP contribution in [-0.4, -0.2) is 32.5 Å². The minimum atomic E-state index is -0.248. The van der Waals surface area contributed by atoms with E-state index < -0.39 is 0 Å². The fraction of sp³-hybridized carbons (Fsp3) is 0.176. The predicted molar refractivity (Wildman–Crippen MR) is 85.0 cm³/mol. The first kappa shape index (κ1) is 13.6. The average Bonchev–Trinajstić information content (AvgIpc) is 2.60. The molecule has 3 heterocycles. The third kappa shape index (κ3) is 2.48. The first-order valence-electron chi connectivity index (χ1n) is 7.43. The number of rotatable bonds is 1. The molecule has 0 spiro atoms. The zero-order chi connectivity index (χ0) is 15.8. The van der Waals surface area contributed by atoms with E-state index in [4.69, 9.17) is 0 Å². The number of carbonyl (C=O) groups is 1. The zero-order valence-electron chi connectivity index (χ0n) is 12.3. The Morgan fingerprint density at radius 3 is 2.96 bits per heavy atom. The van der Waals surface area contributed by atoms with Crippen molar-refractivity contribution in [2.24, 2.45) is 0 Å². The number of amides is 1. The first-order valence-corrected chi connectivity index (χ1v) is 7.43. The van der Waals surface area contributed by atoms with Crippen LogP contribution in [0.4, 0.5) is 0 Å². The van der Waals surface area contributed by atoms with Crippen LogP contribution in [0, 0.1) is 0 Å². The maximum absolute atomic E-state index is 12.7. The van der Waals surface area contributed by atoms with Gasteiger partial charge in [-0.25, -0.2) is 10.1 Å². The number of aromatic nitrogens is 3. The van der Waals surface area contributed by atoms with Crippen molar-refractivity contribution in [1.29, 1.82) is 0 Å². The van der Waals surface area contributed by atoms with Crippen LogP contribution >= 0.6 is 0 Å². The molecule has 1 aliphatic heterocycles. The standard InChI is InChI=1S/C17H14N4O2/c22-16-9-12-10-21(8-7-14(12)19-20-16)17(23)15-6-5-11-3-1-2-4-13(11)18-15/h1-6,9H,7-8,10H2,(H,20,22). The Labute approximate surface area is 131 Å². The monoisotopic (exact) mass is 306 g/mol. The molecule has 114 valence electrons. The SMILES string of the molecule is O=C(c1ccc2ccccc2n1)N1CCc2n[nH]c(=O)cc2C1. The van der Waals surface area contributed by atoms with E-state index in [-0.39, 0.29) is 11.5 Å². The van der Waals surface area contributed by atoms with Crippen LogP contribution < -0.4 is 5.56 Å². The third-order valence-corrected chi connectivity index (χ3v) is 4.06. The van der Waals surface area contributed by atoms with Crippen molar-refractivity contribution in [3.8, 4) is 0 Å². The lowest BCUT2D eigenvalue weighted by Crippen LogP contribution is -2.37. The fourth-order valence-electron chi connectivity index (χ4n) is 2.87. The molecule has 2 aromatic heterocycles. The van der Waals surface area contributed by atoms with E-state index in [1.807, 2.05) is 30.3 Å². The maximum atomic E-state index is 12.7. The molecule has 0 unspecified atom stereocenters. The van der Waals surface area contributed by atoms with Gasteiger partial charge in [-0.05, 0) is 12.1 Å². The van der Waals surface area contributed by atoms with E-state index in [0.29, 0.717) is 25.2 Å². The Kier molecular flexibility index (Phi) is 3.15. The summed E-state index contributed by atoms with van der Waals surface area (Å²) in [6, 6.07) is 12.9. The molecular weight excluding hydrogens is 292 g/mol. The molecule has 6 heteroatoms. The van der Waals surface area contributed by atoms with Gasteiger partial charge in [0.1, 0.15) is 5.69 Å². The van der Waals surface area contributed by atoms with E-state index in [2.05, 4.69) is 15.2 Å². The number of hydrogen-bond donors (Lipinski definition) is 1. The Hall–Kier alpha value is -3.02. The lowest BCUT2D eigenvalue weighted by molar-refractivity contribution is 0.0727. The molecule has 0 saturated heterocycles. The van der Waals surface area contributed by atoms with Gasteiger partial charge in [0.15, 0.2) is 0 Å². The van der Waals surface area contributed by atoms with Crippen molar-refractivity contribution in [3.05, 3.63) is 69.8 Å². The molecule has 0 bridgehead atoms. The van der Waals surface area contributed by atoms with Crippen LogP contribution in [0.25, 0.3) is 10.9 Å². The van der Waals surface area contributed by atoms with E-state index in [1.54, 1.807) is 11.0 Å². The minimum Gasteiger partial charge on any atom is -0.333 e. The number of para-hydroxylation sites is 1. The number of nitrogens with zero attached hydrogens (tertiary/aromatic N) is 3. The molecule has 0 saturated carbocycles. The number of pyridine rings is 1. The van der Waals surface area contributed by atoms with Crippen molar-refractivity contribution in [2.75, 3.05) is 6.54 Å². The Morgan fingerprint density at radius 2 is 2.04 bits per heavy atom. The van der Waals surface area contributed by atoms with E-state index >= 15 is 0 Å². The summed E-state index contributed by atoms with van der Waals surface area (Å²) < 4.78 is 0. The molecule has 3 aromatic rings. The van der Waals surface area contributed by atoms with Crippen molar-refractivity contribution in [1.82, 2.24) is 20.1 Å². The summed E-state index contributed by atoms with van der Waals surface area (Å²) in [5.41, 5.74) is 2.62. The molecule has 1 aliphatic rings. The molecule has 1 amide bonds. The summed E-state index contributed by atoms with van der Waals surface area (Å²) in [5.74, 6) is -0.123. The Balaban J connectivity index is 1.65. The highest BCUT2D eigenvalue weighted by Crippen LogP contribution is 2.18. The lowest BCUT2D eigenvalue weighted by Gasteiger charge is -2.27. The van der Waals surface area contributed by atoms with Gasteiger partial charge in [0, 0.05) is 36.5 Å². The van der Waals surface area contributed by atoms with Crippen molar-refractivity contribution in [3.63, 3.8) is 0 Å². The summed E-state index contributed by atoms with van der Waals surface area (Å²) in [4.78, 5) is 30.3. The van der Waals surface area contributed by atoms with Gasteiger partial charge in [0.25, 0.3) is 11.5 Å². The number of aromatic amines is 1. The Morgan fingerprint density at radius 1 is 1.17 bits per heavy atom. The molecular formula is C17H14N4O2. The van der Waals surface area contributed by atoms with Crippen LogP contribution in [0.1, 0.15) is 21.7 Å². The molecule has 4 rings (SSSR count). The number of benzene rings is 1. The number of H-pyrrole nitrogens is 1. The van der Waals surface area contributed by atoms with Crippen molar-refractivity contribution >= 4 is 16.8 Å². The average molecular weight is 306 g/mol. The molecule has 0 fully saturated rings. The number of nitrogens with one attached hydrogen (secondary N) is 1. The molecule has 23 heavy (non-hydrogen) atoms. The third-order valence-electron chi connectivity index (χ3n) is 4.06. The molecule has 0 atom stereocenters. The van der Waals surface area contributed by atoms with Crippen LogP contribution in [-0.2, 0) is 13.0 Å². The molecule has 6 nitrogen and oxygen atoms in total. The Bertz CT molecular complexity index is 964. The first-order chi connectivity index (χ1) is 11.2. The summed E-state index contributed by atoms with van der Waals surface area (Å²) in [6.45, 7) is 0.957. The second-order valence-electron chi connectivity index (χ2n) is 5.57. The van der Waals surface area contributed by atoms with Gasteiger partial charge >= 0.3 is 0 Å². The van der Waals surface area contributed by atoms with Crippen LogP contribution in [0.5, 0.6) is 0 Å². The highest BCUT2D eigenvalue weighted by atomic mass is 16.2. The van der Waals surface area contributed by atoms with Crippen LogP contribution in [0.15, 0.2) is 47.3 Å². The van der Waals surface area contributed by atoms with Gasteiger partial charge in [-0.1, -0.05) is 24.3 Å². The maximum Gasteiger partial charge on any atom is 0.272 e. The largest absolute Gasteiger partial charge is 0.333 e. The summed E-state index contributed by atoms with van der Waals surface area (Å²) in [6.07, 6.45) is 0.630. The van der Waals surface area contributed by atoms with E-state index in [0.717, 1.165) is 22.2 Å². The van der Waals surface area contributed by atoms with E-state index in [1.165, 1.54) is 6.07 Å². The minimum absolute atomic E-state index is 0.123. The number of fused-ring (bicyclic) bond motifs is 2. The molecule has 0 radical (unpaired) electrons. The predicted octanol–water partition coefficient (Wildman–Crippen LogP) is 1.52. The van der Waals surface area contributed by atoms with Crippen molar-refractivity contribution < 1.29 is 4.79 Å². The van der Waals surface area contributed by atoms with Crippen molar-refractivity contribution in [2.45, 2.75) is 13.0 Å². The van der Waals surface area contributed by atoms with Gasteiger partial charge in [0.05, 0.1) is 11.2 Å². The fourth-order valence-corrected chi connectivity index (χ4v) is 2.87. The second-order valence-corrected chi connectivity index (χ2v) is 5.57. The zero-order valence-corrected chi connectivity index (χ0v) is 12.3. The van der Waals surface area contributed by atoms with Crippen LogP contribution in [0.2, 0.25) is 0 Å². The smallest absolute Gasteiger partial charge is 0.272 e. The van der Waals surface area contributed by atoms with Gasteiger partial charge in [0.2, 0.25) is 0 Å².